The van der Waals surface area contributed by atoms with Crippen LogP contribution in [0, 0.1) is 6.92 Å². The fourth-order valence-electron chi connectivity index (χ4n) is 4.55. The molecule has 4 rings (SSSR count). The number of hydrogen-bond donors (Lipinski definition) is 1. The topological polar surface area (TPSA) is 54.7 Å². The van der Waals surface area contributed by atoms with Crippen LogP contribution in [0.1, 0.15) is 53.4 Å². The molecule has 1 aromatic heterocycles. The smallest absolute Gasteiger partial charge is 0.340 e. The molecule has 3 aromatic rings. The van der Waals surface area contributed by atoms with Gasteiger partial charge in [0, 0.05) is 29.7 Å². The highest BCUT2D eigenvalue weighted by Crippen LogP contribution is 2.36. The summed E-state index contributed by atoms with van der Waals surface area (Å²) in [7, 11) is 0. The normalized spacial score (nSPS) is 14.9. The molecule has 0 unspecified atom stereocenters. The summed E-state index contributed by atoms with van der Waals surface area (Å²) >= 11 is 0. The minimum absolute atomic E-state index is 0.246. The molecule has 1 N–H and O–H groups in total. The molecule has 2 aromatic carbocycles. The van der Waals surface area contributed by atoms with E-state index in [0.29, 0.717) is 25.3 Å². The lowest BCUT2D eigenvalue weighted by atomic mass is 10.0. The molecule has 0 aliphatic carbocycles. The van der Waals surface area contributed by atoms with Crippen molar-refractivity contribution in [2.45, 2.75) is 46.2 Å². The van der Waals surface area contributed by atoms with Crippen LogP contribution in [0.4, 0.5) is 0 Å². The molecule has 1 fully saturated rings. The summed E-state index contributed by atoms with van der Waals surface area (Å²) in [4.78, 5) is 15.3. The highest BCUT2D eigenvalue weighted by molar-refractivity contribution is 6.08. The Morgan fingerprint density at radius 3 is 2.47 bits per heavy atom. The average Bonchev–Trinajstić information content (AvgIpc) is 3.03. The number of hydrogen-bond acceptors (Lipinski definition) is 4. The second kappa shape index (κ2) is 8.92. The summed E-state index contributed by atoms with van der Waals surface area (Å²) in [6, 6.07) is 13.9. The van der Waals surface area contributed by atoms with Crippen LogP contribution in [-0.4, -0.2) is 40.2 Å². The van der Waals surface area contributed by atoms with Gasteiger partial charge in [-0.25, -0.2) is 4.79 Å². The summed E-state index contributed by atoms with van der Waals surface area (Å²) in [6.07, 6.45) is 3.61. The van der Waals surface area contributed by atoms with E-state index in [1.807, 2.05) is 38.1 Å². The van der Waals surface area contributed by atoms with Gasteiger partial charge in [0.25, 0.3) is 0 Å². The Morgan fingerprint density at radius 1 is 1.03 bits per heavy atom. The lowest BCUT2D eigenvalue weighted by Crippen LogP contribution is -2.29. The van der Waals surface area contributed by atoms with Gasteiger partial charge >= 0.3 is 5.97 Å². The van der Waals surface area contributed by atoms with Crippen LogP contribution in [0.2, 0.25) is 0 Å². The van der Waals surface area contributed by atoms with Crippen LogP contribution < -0.4 is 0 Å². The standard InChI is InChI=1S/C25H30N2O3/c1-3-30-25(29)23-18(2)27(16-19-10-6-4-7-11-19)21-12-13-22(28)20(24(21)23)17-26-14-8-5-9-15-26/h4,6-7,10-13,28H,3,5,8-9,14-17H2,1-2H3. The van der Waals surface area contributed by atoms with Gasteiger partial charge < -0.3 is 14.4 Å². The number of aromatic hydroxyl groups is 1. The largest absolute Gasteiger partial charge is 0.508 e. The molecule has 0 saturated carbocycles. The molecule has 30 heavy (non-hydrogen) atoms. The summed E-state index contributed by atoms with van der Waals surface area (Å²) in [5, 5.41) is 11.6. The Balaban J connectivity index is 1.87. The number of fused-ring (bicyclic) bond motifs is 1. The highest BCUT2D eigenvalue weighted by atomic mass is 16.5. The average molecular weight is 407 g/mol. The van der Waals surface area contributed by atoms with Crippen molar-refractivity contribution in [2.24, 2.45) is 0 Å². The second-order valence-corrected chi connectivity index (χ2v) is 8.05. The van der Waals surface area contributed by atoms with Crippen LogP contribution in [0.15, 0.2) is 42.5 Å². The number of aromatic nitrogens is 1. The van der Waals surface area contributed by atoms with Gasteiger partial charge in [-0.2, -0.15) is 0 Å². The fourth-order valence-corrected chi connectivity index (χ4v) is 4.55. The number of phenolic OH excluding ortho intramolecular Hbond substituents is 1. The SMILES string of the molecule is CCOC(=O)c1c(C)n(Cc2ccccc2)c2ccc(O)c(CN3CCCCC3)c12. The quantitative estimate of drug-likeness (QED) is 0.594. The van der Waals surface area contributed by atoms with Crippen LogP contribution >= 0.6 is 0 Å². The van der Waals surface area contributed by atoms with Gasteiger partial charge in [-0.05, 0) is 57.5 Å². The minimum atomic E-state index is -0.322. The maximum Gasteiger partial charge on any atom is 0.340 e. The fraction of sp³-hybridized carbons (Fsp3) is 0.400. The van der Waals surface area contributed by atoms with E-state index in [0.717, 1.165) is 35.2 Å². The highest BCUT2D eigenvalue weighted by Gasteiger charge is 2.26. The lowest BCUT2D eigenvalue weighted by molar-refractivity contribution is 0.0527. The van der Waals surface area contributed by atoms with E-state index >= 15 is 0 Å². The van der Waals surface area contributed by atoms with Gasteiger partial charge in [-0.3, -0.25) is 4.90 Å². The Hall–Kier alpha value is -2.79. The van der Waals surface area contributed by atoms with E-state index in [4.69, 9.17) is 4.74 Å². The molecule has 158 valence electrons. The molecule has 5 heteroatoms. The van der Waals surface area contributed by atoms with Crippen molar-refractivity contribution in [1.29, 1.82) is 0 Å². The number of ether oxygens (including phenoxy) is 1. The molecular weight excluding hydrogens is 376 g/mol. The van der Waals surface area contributed by atoms with Crippen molar-refractivity contribution >= 4 is 16.9 Å². The summed E-state index contributed by atoms with van der Waals surface area (Å²) < 4.78 is 7.58. The van der Waals surface area contributed by atoms with Crippen LogP contribution in [0.25, 0.3) is 10.9 Å². The van der Waals surface area contributed by atoms with Gasteiger partial charge in [0.15, 0.2) is 0 Å². The van der Waals surface area contributed by atoms with E-state index in [1.54, 1.807) is 6.07 Å². The first-order valence-corrected chi connectivity index (χ1v) is 10.9. The molecular formula is C25H30N2O3. The molecule has 1 saturated heterocycles. The number of piperidine rings is 1. The second-order valence-electron chi connectivity index (χ2n) is 8.05. The number of carbonyl (C=O) groups excluding carboxylic acids is 1. The molecule has 0 amide bonds. The molecule has 2 heterocycles. The molecule has 5 nitrogen and oxygen atoms in total. The first-order chi connectivity index (χ1) is 14.6. The molecule has 1 aliphatic heterocycles. The number of phenols is 1. The van der Waals surface area contributed by atoms with E-state index in [9.17, 15) is 9.90 Å². The van der Waals surface area contributed by atoms with Gasteiger partial charge in [0.2, 0.25) is 0 Å². The number of rotatable bonds is 6. The predicted molar refractivity (Wildman–Crippen MR) is 119 cm³/mol. The zero-order chi connectivity index (χ0) is 21.1. The van der Waals surface area contributed by atoms with E-state index in [-0.39, 0.29) is 11.7 Å². The third kappa shape index (κ3) is 3.94. The van der Waals surface area contributed by atoms with Crippen molar-refractivity contribution in [1.82, 2.24) is 9.47 Å². The van der Waals surface area contributed by atoms with E-state index in [2.05, 4.69) is 21.6 Å². The first-order valence-electron chi connectivity index (χ1n) is 10.9. The zero-order valence-corrected chi connectivity index (χ0v) is 17.9. The summed E-state index contributed by atoms with van der Waals surface area (Å²) in [6.45, 7) is 7.47. The van der Waals surface area contributed by atoms with Crippen molar-refractivity contribution < 1.29 is 14.6 Å². The lowest BCUT2D eigenvalue weighted by Gasteiger charge is -2.27. The number of esters is 1. The first kappa shape index (κ1) is 20.5. The van der Waals surface area contributed by atoms with Crippen molar-refractivity contribution in [3.63, 3.8) is 0 Å². The maximum absolute atomic E-state index is 13.0. The predicted octanol–water partition coefficient (Wildman–Crippen LogP) is 4.87. The summed E-state index contributed by atoms with van der Waals surface area (Å²) in [5.41, 5.74) is 4.40. The Bertz CT molecular complexity index is 1030. The number of carbonyl (C=O) groups is 1. The Kier molecular flexibility index (Phi) is 6.09. The van der Waals surface area contributed by atoms with Gasteiger partial charge in [-0.1, -0.05) is 36.8 Å². The van der Waals surface area contributed by atoms with E-state index < -0.39 is 0 Å². The molecule has 0 spiro atoms. The van der Waals surface area contributed by atoms with E-state index in [1.165, 1.54) is 24.8 Å². The monoisotopic (exact) mass is 406 g/mol. The van der Waals surface area contributed by atoms with Gasteiger partial charge in [0.05, 0.1) is 17.7 Å². The molecule has 0 radical (unpaired) electrons. The Morgan fingerprint density at radius 2 is 1.77 bits per heavy atom. The summed E-state index contributed by atoms with van der Waals surface area (Å²) in [5.74, 6) is -0.0761. The molecule has 0 bridgehead atoms. The van der Waals surface area contributed by atoms with Crippen LogP contribution in [0.5, 0.6) is 5.75 Å². The third-order valence-electron chi connectivity index (χ3n) is 6.07. The van der Waals surface area contributed by atoms with Gasteiger partial charge in [-0.15, -0.1) is 0 Å². The maximum atomic E-state index is 13.0. The van der Waals surface area contributed by atoms with Crippen LogP contribution in [-0.2, 0) is 17.8 Å². The third-order valence-corrected chi connectivity index (χ3v) is 6.07. The van der Waals surface area contributed by atoms with Gasteiger partial charge in [0.1, 0.15) is 5.75 Å². The Labute approximate surface area is 177 Å². The minimum Gasteiger partial charge on any atom is -0.508 e. The number of nitrogens with zero attached hydrogens (tertiary/aromatic N) is 2. The van der Waals surface area contributed by atoms with Crippen molar-refractivity contribution in [3.8, 4) is 5.75 Å². The van der Waals surface area contributed by atoms with Crippen LogP contribution in [0.3, 0.4) is 0 Å². The molecule has 0 atom stereocenters. The molecule has 1 aliphatic rings. The van der Waals surface area contributed by atoms with Crippen molar-refractivity contribution in [2.75, 3.05) is 19.7 Å². The number of benzene rings is 2. The van der Waals surface area contributed by atoms with Crippen molar-refractivity contribution in [3.05, 3.63) is 64.8 Å². The number of likely N-dealkylation sites (tertiary alicyclic amines) is 1. The zero-order valence-electron chi connectivity index (χ0n) is 17.9.